The summed E-state index contributed by atoms with van der Waals surface area (Å²) >= 11 is 0. The van der Waals surface area contributed by atoms with Crippen molar-refractivity contribution in [3.8, 4) is 0 Å². The van der Waals surface area contributed by atoms with Crippen LogP contribution in [0.5, 0.6) is 0 Å². The number of hydrogen-bond donors (Lipinski definition) is 1. The van der Waals surface area contributed by atoms with Crippen LogP contribution >= 0.6 is 12.4 Å². The number of halogens is 1. The molecule has 130 valence electrons. The van der Waals surface area contributed by atoms with Gasteiger partial charge in [-0.3, -0.25) is 0 Å². The Morgan fingerprint density at radius 2 is 1.14 bits per heavy atom. The van der Waals surface area contributed by atoms with E-state index in [-0.39, 0.29) is 12.4 Å². The third-order valence-corrected chi connectivity index (χ3v) is 3.35. The summed E-state index contributed by atoms with van der Waals surface area (Å²) in [6.45, 7) is 7.55. The van der Waals surface area contributed by atoms with Crippen LogP contribution in [-0.4, -0.2) is 38.7 Å². The first-order valence-electron chi connectivity index (χ1n) is 8.59. The van der Waals surface area contributed by atoms with Crippen LogP contribution in [0.4, 0.5) is 0 Å². The highest BCUT2D eigenvalue weighted by Crippen LogP contribution is 2.10. The summed E-state index contributed by atoms with van der Waals surface area (Å²) in [5.41, 5.74) is 4.91. The quantitative estimate of drug-likeness (QED) is 0.299. The smallest absolute Gasteiger partial charge is 0.0780 e. The second-order valence-electron chi connectivity index (χ2n) is 6.72. The van der Waals surface area contributed by atoms with Gasteiger partial charge in [0.1, 0.15) is 0 Å². The Morgan fingerprint density at radius 3 is 1.43 bits per heavy atom. The lowest BCUT2D eigenvalue weighted by molar-refractivity contribution is -0.870. The average molecular weight is 322 g/mol. The maximum atomic E-state index is 4.91. The van der Waals surface area contributed by atoms with Gasteiger partial charge in [0, 0.05) is 6.54 Å². The summed E-state index contributed by atoms with van der Waals surface area (Å²) in [4.78, 5) is 0. The number of nitrogens with two attached hydrogens (primary N) is 1. The molecule has 0 aromatic carbocycles. The van der Waals surface area contributed by atoms with Crippen LogP contribution in [0.2, 0.25) is 0 Å². The van der Waals surface area contributed by atoms with E-state index in [0.29, 0.717) is 6.54 Å². The summed E-state index contributed by atoms with van der Waals surface area (Å²) in [6.07, 6.45) is 16.1. The van der Waals surface area contributed by atoms with E-state index in [0.717, 1.165) is 4.48 Å². The third-order valence-electron chi connectivity index (χ3n) is 3.35. The Hall–Kier alpha value is -0.0500. The van der Waals surface area contributed by atoms with Crippen LogP contribution < -0.4 is 5.73 Å². The van der Waals surface area contributed by atoms with E-state index in [9.17, 15) is 0 Å². The Morgan fingerprint density at radius 1 is 0.810 bits per heavy atom. The highest BCUT2D eigenvalue weighted by Gasteiger charge is 2.04. The summed E-state index contributed by atoms with van der Waals surface area (Å²) in [6, 6.07) is 0. The lowest BCUT2D eigenvalue weighted by Crippen LogP contribution is -2.35. The predicted molar refractivity (Wildman–Crippen MR) is 101 cm³/mol. The molecule has 0 unspecified atom stereocenters. The van der Waals surface area contributed by atoms with Gasteiger partial charge in [0.2, 0.25) is 0 Å². The highest BCUT2D eigenvalue weighted by atomic mass is 35.5. The number of quaternary nitrogens is 1. The van der Waals surface area contributed by atoms with Crippen molar-refractivity contribution in [3.63, 3.8) is 0 Å². The van der Waals surface area contributed by atoms with Crippen molar-refractivity contribution in [2.45, 2.75) is 71.1 Å². The molecule has 0 aromatic heterocycles. The fourth-order valence-electron chi connectivity index (χ4n) is 2.07. The van der Waals surface area contributed by atoms with Gasteiger partial charge in [-0.25, -0.2) is 0 Å². The van der Waals surface area contributed by atoms with E-state index in [4.69, 9.17) is 5.73 Å². The molecule has 0 atom stereocenters. The van der Waals surface area contributed by atoms with E-state index in [2.05, 4.69) is 34.6 Å². The first kappa shape index (κ1) is 25.9. The Bertz CT molecular complexity index is 188. The maximum absolute atomic E-state index is 4.91. The molecule has 0 aliphatic rings. The largest absolute Gasteiger partial charge is 0.331 e. The number of rotatable bonds is 12. The van der Waals surface area contributed by atoms with Crippen molar-refractivity contribution in [2.75, 3.05) is 34.2 Å². The number of nitrogens with zero attached hydrogens (tertiary/aromatic N) is 1. The molecule has 2 N–H and O–H groups in total. The van der Waals surface area contributed by atoms with Crippen LogP contribution in [0.3, 0.4) is 0 Å². The number of hydrogen-bond acceptors (Lipinski definition) is 1. The van der Waals surface area contributed by atoms with E-state index in [1.807, 2.05) is 0 Å². The van der Waals surface area contributed by atoms with Gasteiger partial charge in [0.15, 0.2) is 0 Å². The average Bonchev–Trinajstić information content (AvgIpc) is 2.40. The van der Waals surface area contributed by atoms with Crippen molar-refractivity contribution in [1.82, 2.24) is 0 Å². The van der Waals surface area contributed by atoms with Gasteiger partial charge in [0.25, 0.3) is 0 Å². The molecule has 0 aliphatic heterocycles. The summed E-state index contributed by atoms with van der Waals surface area (Å²) in [7, 11) is 6.86. The molecule has 0 spiro atoms. The van der Waals surface area contributed by atoms with Crippen molar-refractivity contribution in [1.29, 1.82) is 0 Å². The molecule has 0 saturated heterocycles. The minimum atomic E-state index is 0. The van der Waals surface area contributed by atoms with Gasteiger partial charge >= 0.3 is 0 Å². The first-order chi connectivity index (χ1) is 9.47. The Balaban J connectivity index is -0.000000572. The molecule has 0 amide bonds. The normalized spacial score (nSPS) is 10.3. The minimum Gasteiger partial charge on any atom is -0.331 e. The molecule has 0 radical (unpaired) electrons. The molecular formula is C18H42ClN2+. The van der Waals surface area contributed by atoms with Crippen LogP contribution in [0.1, 0.15) is 71.1 Å². The second-order valence-corrected chi connectivity index (χ2v) is 6.72. The number of unbranched alkanes of at least 4 members (excludes halogenated alkanes) is 9. The fourth-order valence-corrected chi connectivity index (χ4v) is 2.07. The SMILES string of the molecule is C=CCN.CCCCCCCCCCCC[N+](C)(C)C.Cl. The standard InChI is InChI=1S/C15H34N.C3H7N.ClH/c1-5-6-7-8-9-10-11-12-13-14-15-16(2,3)4;1-2-3-4;/h5-15H2,1-4H3;2H,1,3-4H2;1H/q+1;;. The maximum Gasteiger partial charge on any atom is 0.0780 e. The van der Waals surface area contributed by atoms with Crippen molar-refractivity contribution in [2.24, 2.45) is 5.73 Å². The monoisotopic (exact) mass is 321 g/mol. The topological polar surface area (TPSA) is 26.0 Å². The van der Waals surface area contributed by atoms with Gasteiger partial charge in [0.05, 0.1) is 27.7 Å². The van der Waals surface area contributed by atoms with Gasteiger partial charge in [-0.1, -0.05) is 64.4 Å². The minimum absolute atomic E-state index is 0. The van der Waals surface area contributed by atoms with Gasteiger partial charge < -0.3 is 10.2 Å². The zero-order valence-electron chi connectivity index (χ0n) is 15.2. The molecule has 0 aromatic rings. The zero-order chi connectivity index (χ0) is 15.7. The molecule has 0 heterocycles. The van der Waals surface area contributed by atoms with Crippen molar-refractivity contribution in [3.05, 3.63) is 12.7 Å². The lowest BCUT2D eigenvalue weighted by atomic mass is 10.1. The predicted octanol–water partition coefficient (Wildman–Crippen LogP) is 5.17. The molecule has 0 rings (SSSR count). The van der Waals surface area contributed by atoms with Crippen molar-refractivity contribution >= 4 is 12.4 Å². The van der Waals surface area contributed by atoms with E-state index in [1.54, 1.807) is 6.08 Å². The summed E-state index contributed by atoms with van der Waals surface area (Å²) in [5, 5.41) is 0. The van der Waals surface area contributed by atoms with Crippen molar-refractivity contribution < 1.29 is 4.48 Å². The first-order valence-corrected chi connectivity index (χ1v) is 8.59. The van der Waals surface area contributed by atoms with Crippen LogP contribution in [0, 0.1) is 0 Å². The van der Waals surface area contributed by atoms with E-state index >= 15 is 0 Å². The highest BCUT2D eigenvalue weighted by molar-refractivity contribution is 5.85. The zero-order valence-corrected chi connectivity index (χ0v) is 16.0. The van der Waals surface area contributed by atoms with E-state index in [1.165, 1.54) is 70.8 Å². The summed E-state index contributed by atoms with van der Waals surface area (Å²) < 4.78 is 1.12. The fraction of sp³-hybridized carbons (Fsp3) is 0.889. The molecule has 3 heteroatoms. The molecule has 21 heavy (non-hydrogen) atoms. The van der Waals surface area contributed by atoms with Crippen LogP contribution in [-0.2, 0) is 0 Å². The third kappa shape index (κ3) is 33.0. The summed E-state index contributed by atoms with van der Waals surface area (Å²) in [5.74, 6) is 0. The van der Waals surface area contributed by atoms with Gasteiger partial charge in [-0.2, -0.15) is 0 Å². The molecule has 0 bridgehead atoms. The Labute approximate surface area is 141 Å². The lowest BCUT2D eigenvalue weighted by Gasteiger charge is -2.23. The van der Waals surface area contributed by atoms with Gasteiger partial charge in [-0.05, 0) is 12.8 Å². The Kier molecular flexibility index (Phi) is 24.6. The molecule has 0 saturated carbocycles. The van der Waals surface area contributed by atoms with Crippen LogP contribution in [0.15, 0.2) is 12.7 Å². The molecule has 0 aliphatic carbocycles. The van der Waals surface area contributed by atoms with E-state index < -0.39 is 0 Å². The molecule has 2 nitrogen and oxygen atoms in total. The second kappa shape index (κ2) is 19.9. The molecular weight excluding hydrogens is 280 g/mol. The molecule has 0 fully saturated rings. The van der Waals surface area contributed by atoms with Crippen LogP contribution in [0.25, 0.3) is 0 Å². The van der Waals surface area contributed by atoms with Gasteiger partial charge in [-0.15, -0.1) is 19.0 Å².